The Morgan fingerprint density at radius 1 is 1.30 bits per heavy atom. The van der Waals surface area contributed by atoms with Crippen molar-refractivity contribution in [2.75, 3.05) is 13.1 Å². The maximum Gasteiger partial charge on any atom is 0.271 e. The van der Waals surface area contributed by atoms with Crippen LogP contribution >= 0.6 is 0 Å². The molecule has 2 aromatic rings. The van der Waals surface area contributed by atoms with Gasteiger partial charge < -0.3 is 15.2 Å². The van der Waals surface area contributed by atoms with Crippen LogP contribution in [-0.2, 0) is 4.79 Å². The Morgan fingerprint density at radius 3 is 2.80 bits per heavy atom. The van der Waals surface area contributed by atoms with E-state index in [0.29, 0.717) is 18.8 Å². The number of carbonyl (C=O) groups is 2. The lowest BCUT2D eigenvalue weighted by atomic mass is 9.98. The highest BCUT2D eigenvalue weighted by Crippen LogP contribution is 2.22. The fraction of sp³-hybridized carbons (Fsp3) is 0.333. The summed E-state index contributed by atoms with van der Waals surface area (Å²) in [6.07, 6.45) is 0. The molecule has 0 aliphatic carbocycles. The summed E-state index contributed by atoms with van der Waals surface area (Å²) in [5.41, 5.74) is 0.621. The van der Waals surface area contributed by atoms with Gasteiger partial charge in [0.2, 0.25) is 5.91 Å². The van der Waals surface area contributed by atoms with Crippen LogP contribution in [0.2, 0.25) is 0 Å². The minimum atomic E-state index is -0.827. The molecule has 0 unspecified atom stereocenters. The highest BCUT2D eigenvalue weighted by Gasteiger charge is 2.41. The highest BCUT2D eigenvalue weighted by atomic mass is 16.2. The van der Waals surface area contributed by atoms with Gasteiger partial charge in [0.05, 0.1) is 0 Å². The minimum absolute atomic E-state index is 0.117. The lowest BCUT2D eigenvalue weighted by Crippen LogP contribution is -2.63. The van der Waals surface area contributed by atoms with Crippen LogP contribution in [0.25, 0.3) is 10.9 Å². The second-order valence-electron chi connectivity index (χ2n) is 5.54. The topological polar surface area (TPSA) is 65.2 Å². The standard InChI is InChI=1S/C15H17N3O2/c1-15(2)14(20)16-7-8-18(15)13(19)12-9-10-5-3-4-6-11(10)17-12/h3-6,9,17H,7-8H2,1-2H3,(H,16,20). The number of benzene rings is 1. The molecule has 104 valence electrons. The molecule has 1 fully saturated rings. The SMILES string of the molecule is CC1(C)C(=O)NCCN1C(=O)c1cc2ccccc2[nH]1. The van der Waals surface area contributed by atoms with E-state index in [4.69, 9.17) is 0 Å². The Balaban J connectivity index is 1.97. The molecule has 2 amide bonds. The van der Waals surface area contributed by atoms with E-state index in [1.165, 1.54) is 0 Å². The summed E-state index contributed by atoms with van der Waals surface area (Å²) in [5, 5.41) is 3.79. The number of piperazine rings is 1. The van der Waals surface area contributed by atoms with Gasteiger partial charge in [-0.05, 0) is 26.0 Å². The number of nitrogens with one attached hydrogen (secondary N) is 2. The number of amides is 2. The van der Waals surface area contributed by atoms with Gasteiger partial charge in [0, 0.05) is 24.0 Å². The highest BCUT2D eigenvalue weighted by molar-refractivity contribution is 6.01. The molecule has 0 spiro atoms. The third kappa shape index (κ3) is 1.86. The Morgan fingerprint density at radius 2 is 2.05 bits per heavy atom. The number of aromatic nitrogens is 1. The molecule has 20 heavy (non-hydrogen) atoms. The van der Waals surface area contributed by atoms with Gasteiger partial charge in [-0.15, -0.1) is 0 Å². The minimum Gasteiger partial charge on any atom is -0.352 e. The van der Waals surface area contributed by atoms with Crippen molar-refractivity contribution in [3.05, 3.63) is 36.0 Å². The third-order valence-electron chi connectivity index (χ3n) is 3.86. The quantitative estimate of drug-likeness (QED) is 0.826. The summed E-state index contributed by atoms with van der Waals surface area (Å²) in [5.74, 6) is -0.255. The fourth-order valence-corrected chi connectivity index (χ4v) is 2.59. The number of hydrogen-bond acceptors (Lipinski definition) is 2. The van der Waals surface area contributed by atoms with Crippen molar-refractivity contribution in [3.8, 4) is 0 Å². The first kappa shape index (κ1) is 12.7. The third-order valence-corrected chi connectivity index (χ3v) is 3.86. The zero-order valence-corrected chi connectivity index (χ0v) is 11.6. The normalized spacial score (nSPS) is 18.1. The molecule has 0 radical (unpaired) electrons. The average Bonchev–Trinajstić information content (AvgIpc) is 2.85. The molecule has 1 aliphatic rings. The Labute approximate surface area is 117 Å². The van der Waals surface area contributed by atoms with Gasteiger partial charge >= 0.3 is 0 Å². The van der Waals surface area contributed by atoms with Crippen LogP contribution in [0.3, 0.4) is 0 Å². The van der Waals surface area contributed by atoms with E-state index in [2.05, 4.69) is 10.3 Å². The predicted molar refractivity (Wildman–Crippen MR) is 76.4 cm³/mol. The largest absolute Gasteiger partial charge is 0.352 e. The summed E-state index contributed by atoms with van der Waals surface area (Å²) in [6.45, 7) is 4.55. The molecule has 2 N–H and O–H groups in total. The van der Waals surface area contributed by atoms with Crippen LogP contribution in [0, 0.1) is 0 Å². The molecular weight excluding hydrogens is 254 g/mol. The molecule has 5 nitrogen and oxygen atoms in total. The zero-order chi connectivity index (χ0) is 14.3. The van der Waals surface area contributed by atoms with Gasteiger partial charge in [-0.1, -0.05) is 18.2 Å². The van der Waals surface area contributed by atoms with Gasteiger partial charge in [-0.2, -0.15) is 0 Å². The van der Waals surface area contributed by atoms with E-state index in [-0.39, 0.29) is 11.8 Å². The van der Waals surface area contributed by atoms with Crippen LogP contribution in [-0.4, -0.2) is 40.3 Å². The van der Waals surface area contributed by atoms with Gasteiger partial charge in [-0.3, -0.25) is 9.59 Å². The van der Waals surface area contributed by atoms with E-state index >= 15 is 0 Å². The van der Waals surface area contributed by atoms with Crippen molar-refractivity contribution in [3.63, 3.8) is 0 Å². The van der Waals surface area contributed by atoms with Crippen molar-refractivity contribution in [1.29, 1.82) is 0 Å². The lowest BCUT2D eigenvalue weighted by molar-refractivity contribution is -0.133. The van der Waals surface area contributed by atoms with Gasteiger partial charge in [-0.25, -0.2) is 0 Å². The zero-order valence-electron chi connectivity index (χ0n) is 11.6. The van der Waals surface area contributed by atoms with Crippen molar-refractivity contribution >= 4 is 22.7 Å². The molecule has 1 aromatic heterocycles. The van der Waals surface area contributed by atoms with Gasteiger partial charge in [0.25, 0.3) is 5.91 Å². The van der Waals surface area contributed by atoms with E-state index in [1.54, 1.807) is 18.7 Å². The maximum atomic E-state index is 12.6. The molecule has 0 saturated carbocycles. The van der Waals surface area contributed by atoms with Crippen molar-refractivity contribution < 1.29 is 9.59 Å². The van der Waals surface area contributed by atoms with Crippen molar-refractivity contribution in [1.82, 2.24) is 15.2 Å². The van der Waals surface area contributed by atoms with Crippen LogP contribution in [0.1, 0.15) is 24.3 Å². The molecular formula is C15H17N3O2. The first-order valence-corrected chi connectivity index (χ1v) is 6.68. The number of hydrogen-bond donors (Lipinski definition) is 2. The monoisotopic (exact) mass is 271 g/mol. The van der Waals surface area contributed by atoms with Crippen LogP contribution in [0.15, 0.2) is 30.3 Å². The Bertz CT molecular complexity index is 654. The molecule has 5 heteroatoms. The van der Waals surface area contributed by atoms with Gasteiger partial charge in [0.1, 0.15) is 11.2 Å². The molecule has 1 aliphatic heterocycles. The molecule has 0 atom stereocenters. The number of nitrogens with zero attached hydrogens (tertiary/aromatic N) is 1. The molecule has 1 aromatic carbocycles. The van der Waals surface area contributed by atoms with Crippen molar-refractivity contribution in [2.24, 2.45) is 0 Å². The summed E-state index contributed by atoms with van der Waals surface area (Å²) in [7, 11) is 0. The number of fused-ring (bicyclic) bond motifs is 1. The second kappa shape index (κ2) is 4.37. The summed E-state index contributed by atoms with van der Waals surface area (Å²) in [4.78, 5) is 29.3. The first-order valence-electron chi connectivity index (χ1n) is 6.68. The molecule has 2 heterocycles. The first-order chi connectivity index (χ1) is 9.50. The second-order valence-corrected chi connectivity index (χ2v) is 5.54. The number of H-pyrrole nitrogens is 1. The predicted octanol–water partition coefficient (Wildman–Crippen LogP) is 1.52. The van der Waals surface area contributed by atoms with E-state index in [0.717, 1.165) is 10.9 Å². The Kier molecular flexibility index (Phi) is 2.78. The Hall–Kier alpha value is -2.30. The molecule has 3 rings (SSSR count). The number of rotatable bonds is 1. The van der Waals surface area contributed by atoms with Crippen LogP contribution in [0.4, 0.5) is 0 Å². The summed E-state index contributed by atoms with van der Waals surface area (Å²) in [6, 6.07) is 9.57. The average molecular weight is 271 g/mol. The number of para-hydroxylation sites is 1. The summed E-state index contributed by atoms with van der Waals surface area (Å²) < 4.78 is 0. The number of aromatic amines is 1. The number of carbonyl (C=O) groups excluding carboxylic acids is 2. The van der Waals surface area contributed by atoms with Crippen LogP contribution in [0.5, 0.6) is 0 Å². The van der Waals surface area contributed by atoms with Crippen LogP contribution < -0.4 is 5.32 Å². The van der Waals surface area contributed by atoms with Crippen molar-refractivity contribution in [2.45, 2.75) is 19.4 Å². The lowest BCUT2D eigenvalue weighted by Gasteiger charge is -2.40. The van der Waals surface area contributed by atoms with E-state index < -0.39 is 5.54 Å². The van der Waals surface area contributed by atoms with E-state index in [9.17, 15) is 9.59 Å². The summed E-state index contributed by atoms with van der Waals surface area (Å²) >= 11 is 0. The molecule has 1 saturated heterocycles. The van der Waals surface area contributed by atoms with Gasteiger partial charge in [0.15, 0.2) is 0 Å². The molecule has 0 bridgehead atoms. The fourth-order valence-electron chi connectivity index (χ4n) is 2.59. The van der Waals surface area contributed by atoms with E-state index in [1.807, 2.05) is 30.3 Å². The smallest absolute Gasteiger partial charge is 0.271 e. The maximum absolute atomic E-state index is 12.6.